The maximum absolute atomic E-state index is 12.8. The van der Waals surface area contributed by atoms with Crippen molar-refractivity contribution in [3.63, 3.8) is 0 Å². The Hall–Kier alpha value is -3.11. The minimum absolute atomic E-state index is 0.00243. The molecule has 212 valence electrons. The largest absolute Gasteiger partial charge is 0.490 e. The highest BCUT2D eigenvalue weighted by Gasteiger charge is 2.38. The van der Waals surface area contributed by atoms with Crippen molar-refractivity contribution in [2.75, 3.05) is 25.0 Å². The lowest BCUT2D eigenvalue weighted by Crippen LogP contribution is -2.43. The van der Waals surface area contributed by atoms with Crippen molar-refractivity contribution in [3.8, 4) is 0 Å². The summed E-state index contributed by atoms with van der Waals surface area (Å²) in [6.07, 6.45) is 2.68. The lowest BCUT2D eigenvalue weighted by atomic mass is 9.89. The molecule has 0 radical (unpaired) electrons. The van der Waals surface area contributed by atoms with Crippen LogP contribution in [0.4, 0.5) is 18.9 Å². The van der Waals surface area contributed by atoms with Crippen molar-refractivity contribution in [1.29, 1.82) is 0 Å². The number of benzene rings is 1. The number of rotatable bonds is 5. The molecule has 38 heavy (non-hydrogen) atoms. The van der Waals surface area contributed by atoms with Crippen molar-refractivity contribution < 1.29 is 37.5 Å². The second kappa shape index (κ2) is 13.6. The normalized spacial score (nSPS) is 17.2. The zero-order chi connectivity index (χ0) is 28.5. The summed E-state index contributed by atoms with van der Waals surface area (Å²) >= 11 is 0. The van der Waals surface area contributed by atoms with E-state index in [0.29, 0.717) is 43.1 Å². The van der Waals surface area contributed by atoms with Gasteiger partial charge in [0, 0.05) is 42.2 Å². The number of nitrogens with zero attached hydrogens (tertiary/aromatic N) is 1. The molecule has 11 heteroatoms. The van der Waals surface area contributed by atoms with Crippen LogP contribution >= 0.6 is 0 Å². The molecule has 1 aromatic carbocycles. The molecule has 0 unspecified atom stereocenters. The zero-order valence-corrected chi connectivity index (χ0v) is 22.2. The number of piperidine rings is 1. The van der Waals surface area contributed by atoms with Crippen LogP contribution in [-0.2, 0) is 14.4 Å². The highest BCUT2D eigenvalue weighted by Crippen LogP contribution is 2.24. The van der Waals surface area contributed by atoms with E-state index in [9.17, 15) is 27.6 Å². The molecule has 0 bridgehead atoms. The molecule has 1 aliphatic heterocycles. The second-order valence-electron chi connectivity index (χ2n) is 10.9. The van der Waals surface area contributed by atoms with E-state index in [0.717, 1.165) is 6.54 Å². The van der Waals surface area contributed by atoms with Crippen LogP contribution in [0.2, 0.25) is 0 Å². The fraction of sp³-hybridized carbons (Fsp3) is 0.630. The zero-order valence-electron chi connectivity index (χ0n) is 22.2. The lowest BCUT2D eigenvalue weighted by Gasteiger charge is -2.32. The number of nitrogens with one attached hydrogen (secondary N) is 2. The van der Waals surface area contributed by atoms with Crippen molar-refractivity contribution in [2.45, 2.75) is 71.9 Å². The highest BCUT2D eigenvalue weighted by atomic mass is 19.4. The first kappa shape index (κ1) is 31.1. The number of carboxylic acid groups (broad SMARTS) is 1. The maximum Gasteiger partial charge on any atom is 0.490 e. The number of carbonyl (C=O) groups is 4. The Balaban J connectivity index is 0.000000638. The van der Waals surface area contributed by atoms with E-state index < -0.39 is 17.6 Å². The van der Waals surface area contributed by atoms with Gasteiger partial charge in [-0.3, -0.25) is 14.4 Å². The van der Waals surface area contributed by atoms with Crippen LogP contribution in [-0.4, -0.2) is 59.5 Å². The van der Waals surface area contributed by atoms with Gasteiger partial charge in [-0.1, -0.05) is 40.0 Å². The van der Waals surface area contributed by atoms with Gasteiger partial charge < -0.3 is 20.6 Å². The van der Waals surface area contributed by atoms with Gasteiger partial charge in [-0.2, -0.15) is 13.2 Å². The predicted octanol–water partition coefficient (Wildman–Crippen LogP) is 4.85. The molecule has 1 saturated heterocycles. The van der Waals surface area contributed by atoms with Crippen LogP contribution < -0.4 is 10.6 Å². The third kappa shape index (κ3) is 9.98. The molecule has 1 saturated carbocycles. The Morgan fingerprint density at radius 1 is 0.921 bits per heavy atom. The molecule has 2 fully saturated rings. The lowest BCUT2D eigenvalue weighted by molar-refractivity contribution is -0.192. The molecule has 1 heterocycles. The van der Waals surface area contributed by atoms with Gasteiger partial charge in [0.25, 0.3) is 5.91 Å². The smallest absolute Gasteiger partial charge is 0.475 e. The third-order valence-corrected chi connectivity index (χ3v) is 6.76. The Kier molecular flexibility index (Phi) is 11.1. The van der Waals surface area contributed by atoms with E-state index in [-0.39, 0.29) is 23.6 Å². The summed E-state index contributed by atoms with van der Waals surface area (Å²) in [4.78, 5) is 48.2. The number of likely N-dealkylation sites (tertiary alicyclic amines) is 1. The van der Waals surface area contributed by atoms with E-state index in [2.05, 4.69) is 10.6 Å². The Labute approximate surface area is 221 Å². The highest BCUT2D eigenvalue weighted by molar-refractivity contribution is 5.97. The van der Waals surface area contributed by atoms with Crippen LogP contribution in [0, 0.1) is 17.3 Å². The van der Waals surface area contributed by atoms with Gasteiger partial charge in [0.2, 0.25) is 11.8 Å². The van der Waals surface area contributed by atoms with Gasteiger partial charge >= 0.3 is 12.1 Å². The van der Waals surface area contributed by atoms with Crippen LogP contribution in [0.3, 0.4) is 0 Å². The molecule has 3 amide bonds. The standard InChI is InChI=1S/C25H37N3O3.C2HF3O2/c1-25(2,3)24(31)27-21-11-9-20(10-12-21)23(30)28-15-13-19(14-16-28)22(29)26-17-18-7-5-4-6-8-18;3-2(4,5)1(6)7/h9-12,18-19H,4-8,13-17H2,1-3H3,(H,26,29)(H,27,31);(H,6,7). The predicted molar refractivity (Wildman–Crippen MR) is 136 cm³/mol. The quantitative estimate of drug-likeness (QED) is 0.493. The first-order valence-corrected chi connectivity index (χ1v) is 13.0. The molecular formula is C27H38F3N3O5. The number of anilines is 1. The molecule has 1 aromatic rings. The average Bonchev–Trinajstić information content (AvgIpc) is 2.87. The fourth-order valence-corrected chi connectivity index (χ4v) is 4.32. The van der Waals surface area contributed by atoms with Crippen molar-refractivity contribution in [3.05, 3.63) is 29.8 Å². The number of carbonyl (C=O) groups excluding carboxylic acids is 3. The monoisotopic (exact) mass is 541 g/mol. The van der Waals surface area contributed by atoms with Crippen molar-refractivity contribution >= 4 is 29.4 Å². The van der Waals surface area contributed by atoms with Gasteiger partial charge in [0.15, 0.2) is 0 Å². The molecule has 2 aliphatic rings. The van der Waals surface area contributed by atoms with Crippen LogP contribution in [0.1, 0.15) is 76.1 Å². The van der Waals surface area contributed by atoms with Crippen molar-refractivity contribution in [2.24, 2.45) is 17.3 Å². The number of halogens is 3. The Morgan fingerprint density at radius 3 is 1.92 bits per heavy atom. The number of aliphatic carboxylic acids is 1. The summed E-state index contributed by atoms with van der Waals surface area (Å²) in [5.74, 6) is -2.05. The van der Waals surface area contributed by atoms with Crippen LogP contribution in [0.25, 0.3) is 0 Å². The summed E-state index contributed by atoms with van der Waals surface area (Å²) < 4.78 is 31.7. The van der Waals surface area contributed by atoms with E-state index >= 15 is 0 Å². The fourth-order valence-electron chi connectivity index (χ4n) is 4.32. The number of amides is 3. The summed E-state index contributed by atoms with van der Waals surface area (Å²) in [5.41, 5.74) is 0.820. The summed E-state index contributed by atoms with van der Waals surface area (Å²) in [6.45, 7) is 7.59. The van der Waals surface area contributed by atoms with Gasteiger partial charge in [0.05, 0.1) is 0 Å². The van der Waals surface area contributed by atoms with Gasteiger partial charge in [0.1, 0.15) is 0 Å². The van der Waals surface area contributed by atoms with Crippen molar-refractivity contribution in [1.82, 2.24) is 10.2 Å². The SMILES string of the molecule is CC(C)(C)C(=O)Nc1ccc(C(=O)N2CCC(C(=O)NCC3CCCCC3)CC2)cc1.O=C(O)C(F)(F)F. The van der Waals surface area contributed by atoms with E-state index in [1.807, 2.05) is 25.7 Å². The minimum atomic E-state index is -5.08. The summed E-state index contributed by atoms with van der Waals surface area (Å²) in [5, 5.41) is 13.2. The molecule has 0 spiro atoms. The molecule has 0 aromatic heterocycles. The maximum atomic E-state index is 12.8. The van der Waals surface area contributed by atoms with Gasteiger partial charge in [-0.05, 0) is 55.9 Å². The third-order valence-electron chi connectivity index (χ3n) is 6.76. The molecule has 8 nitrogen and oxygen atoms in total. The first-order valence-electron chi connectivity index (χ1n) is 13.0. The topological polar surface area (TPSA) is 116 Å². The molecule has 1 aliphatic carbocycles. The first-order chi connectivity index (χ1) is 17.7. The van der Waals surface area contributed by atoms with E-state index in [1.165, 1.54) is 32.1 Å². The minimum Gasteiger partial charge on any atom is -0.475 e. The summed E-state index contributed by atoms with van der Waals surface area (Å²) in [6, 6.07) is 7.04. The Bertz CT molecular complexity index is 960. The molecular weight excluding hydrogens is 503 g/mol. The van der Waals surface area contributed by atoms with Gasteiger partial charge in [-0.25, -0.2) is 4.79 Å². The number of hydrogen-bond donors (Lipinski definition) is 3. The number of hydrogen-bond acceptors (Lipinski definition) is 4. The number of carboxylic acids is 1. The molecule has 3 N–H and O–H groups in total. The molecule has 3 rings (SSSR count). The Morgan fingerprint density at radius 2 is 1.45 bits per heavy atom. The second-order valence-corrected chi connectivity index (χ2v) is 10.9. The van der Waals surface area contributed by atoms with E-state index in [4.69, 9.17) is 9.90 Å². The van der Waals surface area contributed by atoms with Crippen LogP contribution in [0.15, 0.2) is 24.3 Å². The molecule has 0 atom stereocenters. The van der Waals surface area contributed by atoms with Crippen LogP contribution in [0.5, 0.6) is 0 Å². The number of alkyl halides is 3. The summed E-state index contributed by atoms with van der Waals surface area (Å²) in [7, 11) is 0. The van der Waals surface area contributed by atoms with E-state index in [1.54, 1.807) is 24.3 Å². The average molecular weight is 542 g/mol. The van der Waals surface area contributed by atoms with Gasteiger partial charge in [-0.15, -0.1) is 0 Å².